The summed E-state index contributed by atoms with van der Waals surface area (Å²) in [4.78, 5) is 3.90. The van der Waals surface area contributed by atoms with E-state index >= 15 is 0 Å². The van der Waals surface area contributed by atoms with Crippen LogP contribution in [0, 0.1) is 0 Å². The fourth-order valence-electron chi connectivity index (χ4n) is 0.537. The molecule has 0 heterocycles. The van der Waals surface area contributed by atoms with E-state index in [1.807, 2.05) is 0 Å². The summed E-state index contributed by atoms with van der Waals surface area (Å²) in [6, 6.07) is 0. The Balaban J connectivity index is 4.10. The van der Waals surface area contributed by atoms with Crippen molar-refractivity contribution in [2.45, 2.75) is 0 Å². The third-order valence-electron chi connectivity index (χ3n) is 1.07. The van der Waals surface area contributed by atoms with Gasteiger partial charge in [-0.15, -0.1) is 0 Å². The van der Waals surface area contributed by atoms with E-state index < -0.39 is 0 Å². The Morgan fingerprint density at radius 3 is 2.67 bits per heavy atom. The average molecular weight is 163 g/mol. The molecular formula is C10H13NO. The van der Waals surface area contributed by atoms with Gasteiger partial charge in [-0.1, -0.05) is 31.4 Å². The van der Waals surface area contributed by atoms with Crippen LogP contribution in [0.25, 0.3) is 0 Å². The Morgan fingerprint density at radius 2 is 2.17 bits per heavy atom. The number of aliphatic hydroxyl groups is 1. The third kappa shape index (κ3) is 5.38. The van der Waals surface area contributed by atoms with Gasteiger partial charge in [0.05, 0.1) is 6.61 Å². The fraction of sp³-hybridized carbons (Fsp3) is 0.100. The SMILES string of the molecule is C=C/C=C(C=C)/C=N/C=C/CO. The van der Waals surface area contributed by atoms with Crippen molar-refractivity contribution in [1.29, 1.82) is 0 Å². The first kappa shape index (κ1) is 10.6. The maximum atomic E-state index is 8.38. The minimum Gasteiger partial charge on any atom is -0.392 e. The molecule has 0 saturated heterocycles. The summed E-state index contributed by atoms with van der Waals surface area (Å²) < 4.78 is 0. The monoisotopic (exact) mass is 163 g/mol. The smallest absolute Gasteiger partial charge is 0.0630 e. The number of nitrogens with zero attached hydrogens (tertiary/aromatic N) is 1. The van der Waals surface area contributed by atoms with E-state index in [1.54, 1.807) is 30.5 Å². The number of allylic oxidation sites excluding steroid dienone is 4. The van der Waals surface area contributed by atoms with Gasteiger partial charge in [-0.3, -0.25) is 4.99 Å². The summed E-state index contributed by atoms with van der Waals surface area (Å²) >= 11 is 0. The molecule has 2 heteroatoms. The van der Waals surface area contributed by atoms with Gasteiger partial charge in [0, 0.05) is 12.4 Å². The van der Waals surface area contributed by atoms with Crippen LogP contribution < -0.4 is 0 Å². The van der Waals surface area contributed by atoms with Crippen molar-refractivity contribution in [3.8, 4) is 0 Å². The molecule has 0 aromatic carbocycles. The van der Waals surface area contributed by atoms with Crippen molar-refractivity contribution in [3.05, 3.63) is 49.2 Å². The summed E-state index contributed by atoms with van der Waals surface area (Å²) in [5.74, 6) is 0. The summed E-state index contributed by atoms with van der Waals surface area (Å²) in [6.45, 7) is 7.15. The zero-order valence-electron chi connectivity index (χ0n) is 6.98. The highest BCUT2D eigenvalue weighted by atomic mass is 16.2. The molecule has 0 aliphatic heterocycles. The lowest BCUT2D eigenvalue weighted by Gasteiger charge is -1.86. The van der Waals surface area contributed by atoms with Crippen LogP contribution in [-0.2, 0) is 0 Å². The van der Waals surface area contributed by atoms with Crippen molar-refractivity contribution in [2.24, 2.45) is 4.99 Å². The first-order valence-electron chi connectivity index (χ1n) is 3.59. The minimum atomic E-state index is 0.00589. The fourth-order valence-corrected chi connectivity index (χ4v) is 0.537. The Kier molecular flexibility index (Phi) is 6.79. The molecule has 0 aliphatic rings. The lowest BCUT2D eigenvalue weighted by molar-refractivity contribution is 0.342. The van der Waals surface area contributed by atoms with Crippen molar-refractivity contribution >= 4 is 6.21 Å². The molecule has 64 valence electrons. The van der Waals surface area contributed by atoms with Gasteiger partial charge in [0.15, 0.2) is 0 Å². The summed E-state index contributed by atoms with van der Waals surface area (Å²) in [5, 5.41) is 8.38. The third-order valence-corrected chi connectivity index (χ3v) is 1.07. The van der Waals surface area contributed by atoms with Crippen molar-refractivity contribution in [3.63, 3.8) is 0 Å². The van der Waals surface area contributed by atoms with Crippen LogP contribution in [-0.4, -0.2) is 17.9 Å². The number of aliphatic imine (C=N–C) groups is 1. The number of rotatable bonds is 5. The first-order valence-corrected chi connectivity index (χ1v) is 3.59. The Hall–Kier alpha value is -1.41. The van der Waals surface area contributed by atoms with E-state index in [0.717, 1.165) is 5.57 Å². The zero-order chi connectivity index (χ0) is 9.23. The largest absolute Gasteiger partial charge is 0.392 e. The van der Waals surface area contributed by atoms with Gasteiger partial charge < -0.3 is 5.11 Å². The molecule has 0 bridgehead atoms. The van der Waals surface area contributed by atoms with E-state index in [1.165, 1.54) is 6.20 Å². The summed E-state index contributed by atoms with van der Waals surface area (Å²) in [7, 11) is 0. The van der Waals surface area contributed by atoms with Crippen molar-refractivity contribution < 1.29 is 5.11 Å². The van der Waals surface area contributed by atoms with Crippen LogP contribution in [0.5, 0.6) is 0 Å². The molecule has 0 radical (unpaired) electrons. The molecule has 0 rings (SSSR count). The average Bonchev–Trinajstić information content (AvgIpc) is 2.10. The predicted molar refractivity (Wildman–Crippen MR) is 53.2 cm³/mol. The molecular weight excluding hydrogens is 150 g/mol. The lowest BCUT2D eigenvalue weighted by Crippen LogP contribution is -1.77. The van der Waals surface area contributed by atoms with Crippen molar-refractivity contribution in [2.75, 3.05) is 6.61 Å². The van der Waals surface area contributed by atoms with Crippen LogP contribution in [0.15, 0.2) is 54.2 Å². The summed E-state index contributed by atoms with van der Waals surface area (Å²) in [6.07, 6.45) is 9.85. The van der Waals surface area contributed by atoms with E-state index in [0.29, 0.717) is 0 Å². The Labute approximate surface area is 73.0 Å². The predicted octanol–water partition coefficient (Wildman–Crippen LogP) is 1.86. The zero-order valence-corrected chi connectivity index (χ0v) is 6.98. The molecule has 0 fully saturated rings. The lowest BCUT2D eigenvalue weighted by atomic mass is 10.2. The van der Waals surface area contributed by atoms with Crippen LogP contribution in [0.2, 0.25) is 0 Å². The van der Waals surface area contributed by atoms with Gasteiger partial charge in [0.1, 0.15) is 0 Å². The molecule has 2 nitrogen and oxygen atoms in total. The van der Waals surface area contributed by atoms with E-state index in [9.17, 15) is 0 Å². The van der Waals surface area contributed by atoms with Crippen LogP contribution in [0.1, 0.15) is 0 Å². The highest BCUT2D eigenvalue weighted by Gasteiger charge is 1.79. The van der Waals surface area contributed by atoms with Gasteiger partial charge in [-0.25, -0.2) is 0 Å². The maximum Gasteiger partial charge on any atom is 0.0630 e. The molecule has 1 N–H and O–H groups in total. The molecule has 0 aromatic rings. The first-order chi connectivity index (χ1) is 5.85. The van der Waals surface area contributed by atoms with Gasteiger partial charge in [-0.2, -0.15) is 0 Å². The maximum absolute atomic E-state index is 8.38. The number of aliphatic hydroxyl groups excluding tert-OH is 1. The number of hydrogen-bond acceptors (Lipinski definition) is 2. The van der Waals surface area contributed by atoms with Crippen molar-refractivity contribution in [1.82, 2.24) is 0 Å². The second-order valence-electron chi connectivity index (χ2n) is 1.95. The minimum absolute atomic E-state index is 0.00589. The van der Waals surface area contributed by atoms with E-state index in [-0.39, 0.29) is 6.61 Å². The van der Waals surface area contributed by atoms with Gasteiger partial charge >= 0.3 is 0 Å². The van der Waals surface area contributed by atoms with Crippen LogP contribution in [0.3, 0.4) is 0 Å². The van der Waals surface area contributed by atoms with E-state index in [2.05, 4.69) is 18.2 Å². The molecule has 0 aliphatic carbocycles. The molecule has 0 spiro atoms. The molecule has 0 aromatic heterocycles. The normalized spacial score (nSPS) is 12.6. The Bertz CT molecular complexity index is 224. The quantitative estimate of drug-likeness (QED) is 0.487. The van der Waals surface area contributed by atoms with E-state index in [4.69, 9.17) is 5.11 Å². The molecule has 0 amide bonds. The number of hydrogen-bond donors (Lipinski definition) is 1. The topological polar surface area (TPSA) is 32.6 Å². The highest BCUT2D eigenvalue weighted by Crippen LogP contribution is 1.91. The van der Waals surface area contributed by atoms with Gasteiger partial charge in [0.25, 0.3) is 0 Å². The highest BCUT2D eigenvalue weighted by molar-refractivity contribution is 5.82. The second kappa shape index (κ2) is 7.69. The molecule has 0 saturated carbocycles. The van der Waals surface area contributed by atoms with Crippen LogP contribution in [0.4, 0.5) is 0 Å². The van der Waals surface area contributed by atoms with Crippen LogP contribution >= 0.6 is 0 Å². The molecule has 0 unspecified atom stereocenters. The van der Waals surface area contributed by atoms with Gasteiger partial charge in [0.2, 0.25) is 0 Å². The second-order valence-corrected chi connectivity index (χ2v) is 1.95. The summed E-state index contributed by atoms with van der Waals surface area (Å²) in [5.41, 5.74) is 0.882. The van der Waals surface area contributed by atoms with Gasteiger partial charge in [-0.05, 0) is 11.6 Å². The molecule has 12 heavy (non-hydrogen) atoms. The Morgan fingerprint density at radius 1 is 1.42 bits per heavy atom. The molecule has 0 atom stereocenters. The standard InChI is InChI=1S/C10H13NO/c1-3-6-10(4-2)9-11-7-5-8-12/h3-7,9,12H,1-2,8H2/b7-5+,10-6+,11-9+.